The molecule has 1 fully saturated rings. The SMILES string of the molecule is O=C(OC[C@H]1CCCO1)c1snnc1-c1ccc(F)cc1. The Labute approximate surface area is 124 Å². The van der Waals surface area contributed by atoms with Gasteiger partial charge in [-0.15, -0.1) is 5.10 Å². The van der Waals surface area contributed by atoms with Gasteiger partial charge in [0, 0.05) is 12.2 Å². The van der Waals surface area contributed by atoms with Gasteiger partial charge in [0.2, 0.25) is 0 Å². The molecule has 2 heterocycles. The summed E-state index contributed by atoms with van der Waals surface area (Å²) < 4.78 is 27.4. The van der Waals surface area contributed by atoms with Crippen LogP contribution in [0.15, 0.2) is 24.3 Å². The first-order valence-electron chi connectivity index (χ1n) is 6.61. The number of carbonyl (C=O) groups is 1. The Bertz CT molecular complexity index is 623. The fourth-order valence-corrected chi connectivity index (χ4v) is 2.71. The number of hydrogen-bond acceptors (Lipinski definition) is 6. The molecule has 1 aromatic carbocycles. The molecule has 2 aromatic rings. The highest BCUT2D eigenvalue weighted by molar-refractivity contribution is 7.08. The highest BCUT2D eigenvalue weighted by Crippen LogP contribution is 2.25. The standard InChI is InChI=1S/C14H13FN2O3S/c15-10-5-3-9(4-6-10)12-13(21-17-16-12)14(18)20-8-11-2-1-7-19-11/h3-6,11H,1-2,7-8H2/t11-/m1/s1. The number of aromatic nitrogens is 2. The number of benzene rings is 1. The van der Waals surface area contributed by atoms with Crippen molar-refractivity contribution in [1.82, 2.24) is 9.59 Å². The Balaban J connectivity index is 1.72. The number of hydrogen-bond donors (Lipinski definition) is 0. The van der Waals surface area contributed by atoms with Crippen molar-refractivity contribution in [2.45, 2.75) is 18.9 Å². The lowest BCUT2D eigenvalue weighted by Crippen LogP contribution is -2.17. The maximum Gasteiger partial charge on any atom is 0.352 e. The molecule has 5 nitrogen and oxygen atoms in total. The van der Waals surface area contributed by atoms with Gasteiger partial charge in [-0.2, -0.15) is 0 Å². The third-order valence-corrected chi connectivity index (χ3v) is 3.92. The normalized spacial score (nSPS) is 17.9. The van der Waals surface area contributed by atoms with Gasteiger partial charge in [0.15, 0.2) is 4.88 Å². The Morgan fingerprint density at radius 2 is 2.24 bits per heavy atom. The zero-order valence-electron chi connectivity index (χ0n) is 11.1. The maximum atomic E-state index is 12.9. The molecule has 0 bridgehead atoms. The van der Waals surface area contributed by atoms with Crippen LogP contribution in [0.5, 0.6) is 0 Å². The molecule has 1 atom stereocenters. The van der Waals surface area contributed by atoms with E-state index >= 15 is 0 Å². The van der Waals surface area contributed by atoms with Crippen molar-refractivity contribution in [3.05, 3.63) is 35.0 Å². The van der Waals surface area contributed by atoms with Crippen LogP contribution in [0, 0.1) is 5.82 Å². The van der Waals surface area contributed by atoms with E-state index in [0.29, 0.717) is 22.7 Å². The number of rotatable bonds is 4. The summed E-state index contributed by atoms with van der Waals surface area (Å²) >= 11 is 0.969. The maximum absolute atomic E-state index is 12.9. The molecule has 110 valence electrons. The third kappa shape index (κ3) is 3.25. The lowest BCUT2D eigenvalue weighted by atomic mass is 10.1. The van der Waals surface area contributed by atoms with Gasteiger partial charge in [-0.25, -0.2) is 9.18 Å². The van der Waals surface area contributed by atoms with Crippen LogP contribution in [0.4, 0.5) is 4.39 Å². The summed E-state index contributed by atoms with van der Waals surface area (Å²) in [7, 11) is 0. The Kier molecular flexibility index (Phi) is 4.21. The van der Waals surface area contributed by atoms with Gasteiger partial charge in [0.05, 0.1) is 6.10 Å². The predicted octanol–water partition coefficient (Wildman–Crippen LogP) is 2.68. The molecule has 0 N–H and O–H groups in total. The molecule has 1 aliphatic rings. The van der Waals surface area contributed by atoms with E-state index in [1.165, 1.54) is 12.1 Å². The molecule has 3 rings (SSSR count). The van der Waals surface area contributed by atoms with Crippen molar-refractivity contribution in [2.75, 3.05) is 13.2 Å². The first-order chi connectivity index (χ1) is 10.2. The van der Waals surface area contributed by atoms with E-state index in [0.717, 1.165) is 24.4 Å². The number of carbonyl (C=O) groups excluding carboxylic acids is 1. The highest BCUT2D eigenvalue weighted by atomic mass is 32.1. The summed E-state index contributed by atoms with van der Waals surface area (Å²) in [6.45, 7) is 0.949. The first kappa shape index (κ1) is 14.1. The third-order valence-electron chi connectivity index (χ3n) is 3.22. The monoisotopic (exact) mass is 308 g/mol. The summed E-state index contributed by atoms with van der Waals surface area (Å²) in [5.41, 5.74) is 1.05. The summed E-state index contributed by atoms with van der Waals surface area (Å²) in [6, 6.07) is 5.75. The van der Waals surface area contributed by atoms with E-state index in [1.54, 1.807) is 12.1 Å². The zero-order valence-corrected chi connectivity index (χ0v) is 11.9. The van der Waals surface area contributed by atoms with Crippen LogP contribution in [0.2, 0.25) is 0 Å². The molecule has 1 saturated heterocycles. The van der Waals surface area contributed by atoms with E-state index in [1.807, 2.05) is 0 Å². The lowest BCUT2D eigenvalue weighted by molar-refractivity contribution is 0.0166. The van der Waals surface area contributed by atoms with E-state index in [2.05, 4.69) is 9.59 Å². The summed E-state index contributed by atoms with van der Waals surface area (Å²) in [6.07, 6.45) is 1.87. The molecule has 1 aromatic heterocycles. The van der Waals surface area contributed by atoms with Crippen molar-refractivity contribution < 1.29 is 18.7 Å². The van der Waals surface area contributed by atoms with E-state index in [-0.39, 0.29) is 18.5 Å². The minimum absolute atomic E-state index is 0.0240. The fraction of sp³-hybridized carbons (Fsp3) is 0.357. The van der Waals surface area contributed by atoms with Crippen molar-refractivity contribution in [3.63, 3.8) is 0 Å². The molecule has 0 amide bonds. The first-order valence-corrected chi connectivity index (χ1v) is 7.38. The highest BCUT2D eigenvalue weighted by Gasteiger charge is 2.22. The van der Waals surface area contributed by atoms with Crippen LogP contribution < -0.4 is 0 Å². The Morgan fingerprint density at radius 1 is 1.43 bits per heavy atom. The second-order valence-corrected chi connectivity index (χ2v) is 5.45. The van der Waals surface area contributed by atoms with Gasteiger partial charge in [-0.05, 0) is 48.6 Å². The molecule has 0 radical (unpaired) electrons. The Morgan fingerprint density at radius 3 is 2.95 bits per heavy atom. The number of esters is 1. The summed E-state index contributed by atoms with van der Waals surface area (Å²) in [4.78, 5) is 12.4. The van der Waals surface area contributed by atoms with Gasteiger partial charge in [-0.1, -0.05) is 4.49 Å². The minimum Gasteiger partial charge on any atom is -0.459 e. The van der Waals surface area contributed by atoms with Gasteiger partial charge >= 0.3 is 5.97 Å². The largest absolute Gasteiger partial charge is 0.459 e. The van der Waals surface area contributed by atoms with Crippen molar-refractivity contribution in [1.29, 1.82) is 0 Å². The van der Waals surface area contributed by atoms with Gasteiger partial charge in [0.25, 0.3) is 0 Å². The van der Waals surface area contributed by atoms with Gasteiger partial charge < -0.3 is 9.47 Å². The van der Waals surface area contributed by atoms with Crippen molar-refractivity contribution in [3.8, 4) is 11.3 Å². The number of halogens is 1. The molecular weight excluding hydrogens is 295 g/mol. The van der Waals surface area contributed by atoms with Crippen molar-refractivity contribution >= 4 is 17.5 Å². The molecule has 21 heavy (non-hydrogen) atoms. The predicted molar refractivity (Wildman–Crippen MR) is 74.6 cm³/mol. The van der Waals surface area contributed by atoms with Crippen LogP contribution in [0.3, 0.4) is 0 Å². The average Bonchev–Trinajstić information content (AvgIpc) is 3.17. The molecule has 1 aliphatic heterocycles. The molecule has 0 saturated carbocycles. The Hall–Kier alpha value is -1.86. The van der Waals surface area contributed by atoms with Crippen LogP contribution in [-0.4, -0.2) is 34.9 Å². The van der Waals surface area contributed by atoms with Gasteiger partial charge in [0.1, 0.15) is 18.1 Å². The lowest BCUT2D eigenvalue weighted by Gasteiger charge is -2.09. The zero-order chi connectivity index (χ0) is 14.7. The molecular formula is C14H13FN2O3S. The number of ether oxygens (including phenoxy) is 2. The smallest absolute Gasteiger partial charge is 0.352 e. The van der Waals surface area contributed by atoms with Gasteiger partial charge in [-0.3, -0.25) is 0 Å². The molecule has 7 heteroatoms. The van der Waals surface area contributed by atoms with E-state index in [9.17, 15) is 9.18 Å². The van der Waals surface area contributed by atoms with E-state index in [4.69, 9.17) is 9.47 Å². The minimum atomic E-state index is -0.472. The summed E-state index contributed by atoms with van der Waals surface area (Å²) in [5.74, 6) is -0.815. The van der Waals surface area contributed by atoms with Crippen LogP contribution in [-0.2, 0) is 9.47 Å². The van der Waals surface area contributed by atoms with Crippen molar-refractivity contribution in [2.24, 2.45) is 0 Å². The molecule has 0 unspecified atom stereocenters. The quantitative estimate of drug-likeness (QED) is 0.813. The second-order valence-electron chi connectivity index (χ2n) is 4.69. The van der Waals surface area contributed by atoms with Crippen LogP contribution in [0.1, 0.15) is 22.5 Å². The average molecular weight is 308 g/mol. The number of nitrogens with zero attached hydrogens (tertiary/aromatic N) is 2. The second kappa shape index (κ2) is 6.28. The van der Waals surface area contributed by atoms with E-state index < -0.39 is 5.97 Å². The van der Waals surface area contributed by atoms with Crippen LogP contribution >= 0.6 is 11.5 Å². The molecule has 0 aliphatic carbocycles. The molecule has 0 spiro atoms. The summed E-state index contributed by atoms with van der Waals surface area (Å²) in [5, 5.41) is 3.93. The van der Waals surface area contributed by atoms with Crippen LogP contribution in [0.25, 0.3) is 11.3 Å². The fourth-order valence-electron chi connectivity index (χ4n) is 2.13. The topological polar surface area (TPSA) is 61.3 Å².